The van der Waals surface area contributed by atoms with E-state index < -0.39 is 0 Å². The molecule has 0 aromatic heterocycles. The second-order valence-electron chi connectivity index (χ2n) is 4.43. The number of allylic oxidation sites excluding steroid dienone is 1. The Bertz CT molecular complexity index is 121. The maximum absolute atomic E-state index is 3.73. The highest BCUT2D eigenvalue weighted by atomic mass is 14.9. The van der Waals surface area contributed by atoms with Crippen molar-refractivity contribution in [2.75, 3.05) is 7.05 Å². The van der Waals surface area contributed by atoms with E-state index in [1.165, 1.54) is 12.8 Å². The molecule has 0 aromatic carbocycles. The molecule has 1 nitrogen and oxygen atoms in total. The van der Waals surface area contributed by atoms with Crippen molar-refractivity contribution in [3.05, 3.63) is 12.7 Å². The molecule has 12 heavy (non-hydrogen) atoms. The molecule has 0 fully saturated rings. The molecule has 0 amide bonds. The van der Waals surface area contributed by atoms with Crippen LogP contribution in [-0.2, 0) is 0 Å². The van der Waals surface area contributed by atoms with Gasteiger partial charge in [0.15, 0.2) is 0 Å². The van der Waals surface area contributed by atoms with Crippen molar-refractivity contribution in [1.82, 2.24) is 5.32 Å². The van der Waals surface area contributed by atoms with Crippen molar-refractivity contribution in [3.63, 3.8) is 0 Å². The van der Waals surface area contributed by atoms with Gasteiger partial charge >= 0.3 is 0 Å². The Hall–Kier alpha value is -0.300. The topological polar surface area (TPSA) is 12.0 Å². The largest absolute Gasteiger partial charge is 0.316 e. The summed E-state index contributed by atoms with van der Waals surface area (Å²) in [4.78, 5) is 0. The quantitative estimate of drug-likeness (QED) is 0.493. The normalized spacial score (nSPS) is 14.3. The zero-order valence-corrected chi connectivity index (χ0v) is 8.98. The van der Waals surface area contributed by atoms with Crippen molar-refractivity contribution >= 4 is 0 Å². The SMILES string of the molecule is C=CCCCC(NC)C(C)(C)C. The lowest BCUT2D eigenvalue weighted by molar-refractivity contribution is 0.264. The van der Waals surface area contributed by atoms with Gasteiger partial charge in [0.25, 0.3) is 0 Å². The first-order chi connectivity index (χ1) is 5.52. The number of hydrogen-bond donors (Lipinski definition) is 1. The standard InChI is InChI=1S/C11H23N/c1-6-7-8-9-10(12-5)11(2,3)4/h6,10,12H,1,7-9H2,2-5H3. The zero-order chi connectivity index (χ0) is 9.61. The second kappa shape index (κ2) is 5.36. The molecule has 1 N–H and O–H groups in total. The van der Waals surface area contributed by atoms with Gasteiger partial charge in [0, 0.05) is 6.04 Å². The monoisotopic (exact) mass is 169 g/mol. The Morgan fingerprint density at radius 2 is 2.00 bits per heavy atom. The molecule has 0 heterocycles. The third-order valence-electron chi connectivity index (χ3n) is 2.29. The molecular formula is C11H23N. The molecule has 1 atom stereocenters. The van der Waals surface area contributed by atoms with Gasteiger partial charge in [-0.1, -0.05) is 26.8 Å². The van der Waals surface area contributed by atoms with Crippen LogP contribution in [0.25, 0.3) is 0 Å². The van der Waals surface area contributed by atoms with Crippen LogP contribution in [-0.4, -0.2) is 13.1 Å². The fourth-order valence-corrected chi connectivity index (χ4v) is 1.48. The summed E-state index contributed by atoms with van der Waals surface area (Å²) in [5.74, 6) is 0. The Kier molecular flexibility index (Phi) is 5.23. The minimum Gasteiger partial charge on any atom is -0.316 e. The molecule has 1 unspecified atom stereocenters. The molecule has 0 saturated carbocycles. The number of hydrogen-bond acceptors (Lipinski definition) is 1. The van der Waals surface area contributed by atoms with E-state index in [9.17, 15) is 0 Å². The molecule has 0 radical (unpaired) electrons. The van der Waals surface area contributed by atoms with E-state index in [1.807, 2.05) is 13.1 Å². The van der Waals surface area contributed by atoms with Crippen LogP contribution in [0.15, 0.2) is 12.7 Å². The van der Waals surface area contributed by atoms with E-state index in [1.54, 1.807) is 0 Å². The summed E-state index contributed by atoms with van der Waals surface area (Å²) >= 11 is 0. The van der Waals surface area contributed by atoms with E-state index in [2.05, 4.69) is 32.7 Å². The van der Waals surface area contributed by atoms with E-state index in [-0.39, 0.29) is 0 Å². The van der Waals surface area contributed by atoms with Crippen molar-refractivity contribution in [2.45, 2.75) is 46.1 Å². The number of rotatable bonds is 5. The number of nitrogens with one attached hydrogen (secondary N) is 1. The van der Waals surface area contributed by atoms with Gasteiger partial charge in [-0.2, -0.15) is 0 Å². The van der Waals surface area contributed by atoms with Gasteiger partial charge in [0.1, 0.15) is 0 Å². The summed E-state index contributed by atoms with van der Waals surface area (Å²) in [5.41, 5.74) is 0.371. The predicted molar refractivity (Wildman–Crippen MR) is 56.4 cm³/mol. The number of unbranched alkanes of at least 4 members (excludes halogenated alkanes) is 1. The van der Waals surface area contributed by atoms with Crippen LogP contribution in [0.2, 0.25) is 0 Å². The van der Waals surface area contributed by atoms with Gasteiger partial charge < -0.3 is 5.32 Å². The molecule has 0 saturated heterocycles. The molecule has 1 heteroatoms. The van der Waals surface area contributed by atoms with Crippen LogP contribution in [0.3, 0.4) is 0 Å². The van der Waals surface area contributed by atoms with Crippen LogP contribution in [0, 0.1) is 5.41 Å². The van der Waals surface area contributed by atoms with Crippen molar-refractivity contribution in [2.24, 2.45) is 5.41 Å². The van der Waals surface area contributed by atoms with E-state index >= 15 is 0 Å². The first kappa shape index (κ1) is 11.7. The van der Waals surface area contributed by atoms with Gasteiger partial charge in [-0.3, -0.25) is 0 Å². The maximum Gasteiger partial charge on any atom is 0.0113 e. The summed E-state index contributed by atoms with van der Waals surface area (Å²) in [6.07, 6.45) is 5.61. The first-order valence-corrected chi connectivity index (χ1v) is 4.80. The van der Waals surface area contributed by atoms with Crippen molar-refractivity contribution < 1.29 is 0 Å². The maximum atomic E-state index is 3.73. The van der Waals surface area contributed by atoms with Crippen LogP contribution >= 0.6 is 0 Å². The molecular weight excluding hydrogens is 146 g/mol. The summed E-state index contributed by atoms with van der Waals surface area (Å²) < 4.78 is 0. The Labute approximate surface area is 77.2 Å². The molecule has 72 valence electrons. The second-order valence-corrected chi connectivity index (χ2v) is 4.43. The highest BCUT2D eigenvalue weighted by Crippen LogP contribution is 2.22. The van der Waals surface area contributed by atoms with Crippen LogP contribution in [0.5, 0.6) is 0 Å². The minimum absolute atomic E-state index is 0.371. The summed E-state index contributed by atoms with van der Waals surface area (Å²) in [6.45, 7) is 10.6. The Morgan fingerprint density at radius 3 is 2.33 bits per heavy atom. The first-order valence-electron chi connectivity index (χ1n) is 4.80. The van der Waals surface area contributed by atoms with Crippen LogP contribution < -0.4 is 5.32 Å². The van der Waals surface area contributed by atoms with Gasteiger partial charge in [-0.25, -0.2) is 0 Å². The van der Waals surface area contributed by atoms with E-state index in [4.69, 9.17) is 0 Å². The minimum atomic E-state index is 0.371. The Morgan fingerprint density at radius 1 is 1.42 bits per heavy atom. The Balaban J connectivity index is 3.75. The third kappa shape index (κ3) is 4.55. The summed E-state index contributed by atoms with van der Waals surface area (Å²) in [6, 6.07) is 0.623. The highest BCUT2D eigenvalue weighted by Gasteiger charge is 2.21. The van der Waals surface area contributed by atoms with Crippen molar-refractivity contribution in [3.8, 4) is 0 Å². The fraction of sp³-hybridized carbons (Fsp3) is 0.818. The van der Waals surface area contributed by atoms with Gasteiger partial charge in [0.05, 0.1) is 0 Å². The van der Waals surface area contributed by atoms with E-state index in [0.717, 1.165) is 6.42 Å². The highest BCUT2D eigenvalue weighted by molar-refractivity contribution is 4.80. The molecule has 0 spiro atoms. The third-order valence-corrected chi connectivity index (χ3v) is 2.29. The molecule has 0 aliphatic rings. The summed E-state index contributed by atoms with van der Waals surface area (Å²) in [7, 11) is 2.05. The van der Waals surface area contributed by atoms with Gasteiger partial charge in [-0.15, -0.1) is 6.58 Å². The van der Waals surface area contributed by atoms with Crippen LogP contribution in [0.1, 0.15) is 40.0 Å². The molecule has 0 aliphatic heterocycles. The summed E-state index contributed by atoms with van der Waals surface area (Å²) in [5, 5.41) is 3.37. The lowest BCUT2D eigenvalue weighted by Gasteiger charge is -2.30. The van der Waals surface area contributed by atoms with Crippen LogP contribution in [0.4, 0.5) is 0 Å². The van der Waals surface area contributed by atoms with Gasteiger partial charge in [-0.05, 0) is 31.7 Å². The lowest BCUT2D eigenvalue weighted by Crippen LogP contribution is -2.37. The molecule has 0 aliphatic carbocycles. The van der Waals surface area contributed by atoms with E-state index in [0.29, 0.717) is 11.5 Å². The average Bonchev–Trinajstić information content (AvgIpc) is 1.95. The fourth-order valence-electron chi connectivity index (χ4n) is 1.48. The smallest absolute Gasteiger partial charge is 0.0113 e. The molecule has 0 bridgehead atoms. The molecule has 0 rings (SSSR count). The average molecular weight is 169 g/mol. The zero-order valence-electron chi connectivity index (χ0n) is 8.98. The molecule has 0 aromatic rings. The van der Waals surface area contributed by atoms with Gasteiger partial charge in [0.2, 0.25) is 0 Å². The van der Waals surface area contributed by atoms with Crippen molar-refractivity contribution in [1.29, 1.82) is 0 Å². The predicted octanol–water partition coefficient (Wildman–Crippen LogP) is 2.98. The lowest BCUT2D eigenvalue weighted by atomic mass is 9.84.